The van der Waals surface area contributed by atoms with Crippen molar-refractivity contribution in [3.05, 3.63) is 59.9 Å². The van der Waals surface area contributed by atoms with Crippen LogP contribution in [0.25, 0.3) is 10.9 Å². The highest BCUT2D eigenvalue weighted by molar-refractivity contribution is 5.90. The van der Waals surface area contributed by atoms with Crippen LogP contribution in [0.5, 0.6) is 0 Å². The van der Waals surface area contributed by atoms with Crippen LogP contribution in [-0.2, 0) is 12.8 Å². The fourth-order valence-electron chi connectivity index (χ4n) is 3.04. The van der Waals surface area contributed by atoms with E-state index in [0.717, 1.165) is 35.2 Å². The highest BCUT2D eigenvalue weighted by Gasteiger charge is 2.21. The molecule has 0 aliphatic heterocycles. The summed E-state index contributed by atoms with van der Waals surface area (Å²) in [5.74, 6) is 0.887. The number of rotatable bonds is 2. The van der Waals surface area contributed by atoms with Gasteiger partial charge in [0.15, 0.2) is 0 Å². The van der Waals surface area contributed by atoms with E-state index in [1.165, 1.54) is 11.1 Å². The van der Waals surface area contributed by atoms with Crippen molar-refractivity contribution >= 4 is 22.4 Å². The van der Waals surface area contributed by atoms with Crippen LogP contribution in [0.2, 0.25) is 0 Å². The molecule has 1 aromatic heterocycles. The van der Waals surface area contributed by atoms with Gasteiger partial charge in [-0.25, -0.2) is 9.97 Å². The predicted molar refractivity (Wildman–Crippen MR) is 85.2 cm³/mol. The minimum Gasteiger partial charge on any atom is -0.399 e. The van der Waals surface area contributed by atoms with E-state index in [1.807, 2.05) is 18.2 Å². The lowest BCUT2D eigenvalue weighted by molar-refractivity contribution is 0.770. The molecule has 3 N–H and O–H groups in total. The molecule has 0 bridgehead atoms. The summed E-state index contributed by atoms with van der Waals surface area (Å²) in [6.07, 6.45) is 3.67. The minimum atomic E-state index is 0.387. The molecule has 2 aromatic carbocycles. The summed E-state index contributed by atoms with van der Waals surface area (Å²) in [6, 6.07) is 14.7. The fourth-order valence-corrected chi connectivity index (χ4v) is 3.04. The molecular weight excluding hydrogens is 260 g/mol. The molecule has 0 fully saturated rings. The van der Waals surface area contributed by atoms with Gasteiger partial charge in [-0.05, 0) is 42.2 Å². The predicted octanol–water partition coefficient (Wildman–Crippen LogP) is 2.79. The molecule has 0 saturated heterocycles. The third kappa shape index (κ3) is 2.18. The van der Waals surface area contributed by atoms with Crippen molar-refractivity contribution in [1.29, 1.82) is 0 Å². The lowest BCUT2D eigenvalue weighted by atomic mass is 10.1. The van der Waals surface area contributed by atoms with Gasteiger partial charge in [0.2, 0.25) is 0 Å². The Hall–Kier alpha value is -2.62. The van der Waals surface area contributed by atoms with E-state index < -0.39 is 0 Å². The topological polar surface area (TPSA) is 63.8 Å². The normalized spacial score (nSPS) is 14.3. The van der Waals surface area contributed by atoms with E-state index in [-0.39, 0.29) is 0 Å². The van der Waals surface area contributed by atoms with Gasteiger partial charge in [-0.3, -0.25) is 0 Å². The van der Waals surface area contributed by atoms with E-state index in [0.29, 0.717) is 6.04 Å². The summed E-state index contributed by atoms with van der Waals surface area (Å²) in [6.45, 7) is 0. The maximum Gasteiger partial charge on any atom is 0.137 e. The van der Waals surface area contributed by atoms with E-state index in [2.05, 4.69) is 39.6 Å². The van der Waals surface area contributed by atoms with Crippen molar-refractivity contribution in [2.75, 3.05) is 11.1 Å². The maximum atomic E-state index is 5.81. The Morgan fingerprint density at radius 3 is 2.52 bits per heavy atom. The number of nitrogens with zero attached hydrogens (tertiary/aromatic N) is 2. The Labute approximate surface area is 123 Å². The molecule has 0 unspecified atom stereocenters. The lowest BCUT2D eigenvalue weighted by Gasteiger charge is -2.14. The Balaban J connectivity index is 1.64. The zero-order valence-corrected chi connectivity index (χ0v) is 11.6. The van der Waals surface area contributed by atoms with Gasteiger partial charge in [-0.2, -0.15) is 0 Å². The molecule has 0 spiro atoms. The Morgan fingerprint density at radius 1 is 1.00 bits per heavy atom. The zero-order chi connectivity index (χ0) is 14.2. The smallest absolute Gasteiger partial charge is 0.137 e. The molecule has 0 radical (unpaired) electrons. The van der Waals surface area contributed by atoms with Crippen molar-refractivity contribution in [2.24, 2.45) is 0 Å². The molecule has 4 nitrogen and oxygen atoms in total. The fraction of sp³-hybridized carbons (Fsp3) is 0.176. The van der Waals surface area contributed by atoms with Crippen molar-refractivity contribution in [2.45, 2.75) is 18.9 Å². The van der Waals surface area contributed by atoms with Crippen LogP contribution in [-0.4, -0.2) is 16.0 Å². The third-order valence-electron chi connectivity index (χ3n) is 4.05. The summed E-state index contributed by atoms with van der Waals surface area (Å²) in [7, 11) is 0. The van der Waals surface area contributed by atoms with Gasteiger partial charge in [0.1, 0.15) is 12.1 Å². The summed E-state index contributed by atoms with van der Waals surface area (Å²) < 4.78 is 0. The maximum absolute atomic E-state index is 5.81. The van der Waals surface area contributed by atoms with Gasteiger partial charge in [0.25, 0.3) is 0 Å². The molecule has 0 amide bonds. The van der Waals surface area contributed by atoms with Gasteiger partial charge < -0.3 is 11.1 Å². The van der Waals surface area contributed by atoms with Gasteiger partial charge in [-0.15, -0.1) is 0 Å². The molecule has 1 aliphatic carbocycles. The quantitative estimate of drug-likeness (QED) is 0.706. The van der Waals surface area contributed by atoms with Gasteiger partial charge >= 0.3 is 0 Å². The van der Waals surface area contributed by atoms with Crippen molar-refractivity contribution in [3.63, 3.8) is 0 Å². The number of nitrogens with two attached hydrogens (primary N) is 1. The van der Waals surface area contributed by atoms with Crippen molar-refractivity contribution < 1.29 is 0 Å². The summed E-state index contributed by atoms with van der Waals surface area (Å²) >= 11 is 0. The second kappa shape index (κ2) is 4.74. The summed E-state index contributed by atoms with van der Waals surface area (Å²) in [5.41, 5.74) is 10.3. The number of aromatic nitrogens is 2. The highest BCUT2D eigenvalue weighted by Crippen LogP contribution is 2.27. The second-order valence-electron chi connectivity index (χ2n) is 5.52. The first-order chi connectivity index (χ1) is 10.3. The molecule has 4 heteroatoms. The van der Waals surface area contributed by atoms with Gasteiger partial charge in [0, 0.05) is 17.1 Å². The van der Waals surface area contributed by atoms with Crippen LogP contribution in [0, 0.1) is 0 Å². The monoisotopic (exact) mass is 276 g/mol. The lowest BCUT2D eigenvalue weighted by Crippen LogP contribution is -2.20. The molecule has 21 heavy (non-hydrogen) atoms. The zero-order valence-electron chi connectivity index (χ0n) is 11.6. The first-order valence-corrected chi connectivity index (χ1v) is 7.13. The molecule has 4 rings (SSSR count). The summed E-state index contributed by atoms with van der Waals surface area (Å²) in [5, 5.41) is 4.57. The first-order valence-electron chi connectivity index (χ1n) is 7.13. The molecule has 104 valence electrons. The van der Waals surface area contributed by atoms with Crippen LogP contribution >= 0.6 is 0 Å². The third-order valence-corrected chi connectivity index (χ3v) is 4.05. The first kappa shape index (κ1) is 12.1. The van der Waals surface area contributed by atoms with Crippen LogP contribution in [0.4, 0.5) is 11.5 Å². The number of hydrogen-bond acceptors (Lipinski definition) is 4. The molecule has 1 aliphatic rings. The van der Waals surface area contributed by atoms with E-state index in [4.69, 9.17) is 5.73 Å². The number of fused-ring (bicyclic) bond motifs is 2. The number of nitrogen functional groups attached to an aromatic ring is 1. The van der Waals surface area contributed by atoms with E-state index >= 15 is 0 Å². The standard InChI is InChI=1S/C17H16N4/c18-13-5-6-15-16(9-13)19-10-20-17(15)21-14-7-11-3-1-2-4-12(11)8-14/h1-6,9-10,14H,7-8,18H2,(H,19,20,21). The van der Waals surface area contributed by atoms with Gasteiger partial charge in [0.05, 0.1) is 5.52 Å². The van der Waals surface area contributed by atoms with E-state index in [9.17, 15) is 0 Å². The van der Waals surface area contributed by atoms with Crippen LogP contribution < -0.4 is 11.1 Å². The molecule has 0 atom stereocenters. The largest absolute Gasteiger partial charge is 0.399 e. The number of hydrogen-bond donors (Lipinski definition) is 2. The Morgan fingerprint density at radius 2 is 1.76 bits per heavy atom. The average molecular weight is 276 g/mol. The number of anilines is 2. The molecule has 1 heterocycles. The molecular formula is C17H16N4. The van der Waals surface area contributed by atoms with Gasteiger partial charge in [-0.1, -0.05) is 24.3 Å². The van der Waals surface area contributed by atoms with Crippen LogP contribution in [0.15, 0.2) is 48.8 Å². The molecule has 3 aromatic rings. The number of benzene rings is 2. The van der Waals surface area contributed by atoms with Crippen LogP contribution in [0.3, 0.4) is 0 Å². The van der Waals surface area contributed by atoms with Crippen LogP contribution in [0.1, 0.15) is 11.1 Å². The molecule has 0 saturated carbocycles. The van der Waals surface area contributed by atoms with Crippen molar-refractivity contribution in [3.8, 4) is 0 Å². The highest BCUT2D eigenvalue weighted by atomic mass is 15.0. The van der Waals surface area contributed by atoms with E-state index in [1.54, 1.807) is 6.33 Å². The number of nitrogens with one attached hydrogen (secondary N) is 1. The second-order valence-corrected chi connectivity index (χ2v) is 5.52. The SMILES string of the molecule is Nc1ccc2c(NC3Cc4ccccc4C3)ncnc2c1. The average Bonchev–Trinajstić information content (AvgIpc) is 2.89. The minimum absolute atomic E-state index is 0.387. The Bertz CT molecular complexity index is 788. The Kier molecular flexibility index (Phi) is 2.74. The summed E-state index contributed by atoms with van der Waals surface area (Å²) in [4.78, 5) is 8.69. The van der Waals surface area contributed by atoms with Crippen molar-refractivity contribution in [1.82, 2.24) is 9.97 Å².